The number of aromatic nitrogens is 1. The second-order valence-electron chi connectivity index (χ2n) is 4.73. The molecule has 1 saturated heterocycles. The highest BCUT2D eigenvalue weighted by Crippen LogP contribution is 2.32. The number of amides is 1. The molecule has 1 fully saturated rings. The van der Waals surface area contributed by atoms with Crippen molar-refractivity contribution in [2.24, 2.45) is 0 Å². The first-order valence-electron chi connectivity index (χ1n) is 6.82. The minimum Gasteiger partial charge on any atom is -0.475 e. The molecule has 1 aliphatic heterocycles. The second-order valence-corrected chi connectivity index (χ2v) is 5.14. The quantitative estimate of drug-likeness (QED) is 0.779. The summed E-state index contributed by atoms with van der Waals surface area (Å²) in [6, 6.07) is 0.322. The van der Waals surface area contributed by atoms with E-state index in [0.717, 1.165) is 6.07 Å². The summed E-state index contributed by atoms with van der Waals surface area (Å²) in [6.07, 6.45) is -3.87. The largest absolute Gasteiger partial charge is 0.475 e. The van der Waals surface area contributed by atoms with Gasteiger partial charge in [-0.15, -0.1) is 0 Å². The fourth-order valence-electron chi connectivity index (χ4n) is 1.87. The van der Waals surface area contributed by atoms with Gasteiger partial charge >= 0.3 is 6.18 Å². The predicted octanol–water partition coefficient (Wildman–Crippen LogP) is 1.24. The highest BCUT2D eigenvalue weighted by Gasteiger charge is 2.31. The maximum absolute atomic E-state index is 12.5. The number of nitrogens with zero attached hydrogens (tertiary/aromatic N) is 1. The van der Waals surface area contributed by atoms with E-state index in [4.69, 9.17) is 21.1 Å². The average molecular weight is 354 g/mol. The molecule has 23 heavy (non-hydrogen) atoms. The Kier molecular flexibility index (Phi) is 6.03. The molecule has 10 heteroatoms. The minimum absolute atomic E-state index is 0.0252. The van der Waals surface area contributed by atoms with Crippen LogP contribution in [0.3, 0.4) is 0 Å². The lowest BCUT2D eigenvalue weighted by molar-refractivity contribution is -0.137. The normalized spacial score (nSPS) is 18.5. The van der Waals surface area contributed by atoms with Crippen LogP contribution in [-0.4, -0.2) is 49.8 Å². The van der Waals surface area contributed by atoms with Crippen molar-refractivity contribution in [3.05, 3.63) is 22.8 Å². The van der Waals surface area contributed by atoms with Gasteiger partial charge in [-0.05, 0) is 6.07 Å². The van der Waals surface area contributed by atoms with Crippen LogP contribution in [0.25, 0.3) is 0 Å². The molecule has 128 valence electrons. The van der Waals surface area contributed by atoms with E-state index in [1.807, 2.05) is 0 Å². The zero-order valence-electron chi connectivity index (χ0n) is 12.0. The number of nitrogens with one attached hydrogen (secondary N) is 2. The predicted molar refractivity (Wildman–Crippen MR) is 75.4 cm³/mol. The highest BCUT2D eigenvalue weighted by molar-refractivity contribution is 6.31. The van der Waals surface area contributed by atoms with Gasteiger partial charge in [-0.3, -0.25) is 4.79 Å². The minimum atomic E-state index is -4.52. The van der Waals surface area contributed by atoms with Crippen LogP contribution in [0.4, 0.5) is 13.2 Å². The van der Waals surface area contributed by atoms with E-state index < -0.39 is 17.8 Å². The summed E-state index contributed by atoms with van der Waals surface area (Å²) in [7, 11) is 0. The monoisotopic (exact) mass is 353 g/mol. The number of pyridine rings is 1. The van der Waals surface area contributed by atoms with Gasteiger partial charge in [0, 0.05) is 12.7 Å². The number of carbonyl (C=O) groups excluding carboxylic acids is 1. The Morgan fingerprint density at radius 3 is 2.96 bits per heavy atom. The van der Waals surface area contributed by atoms with Gasteiger partial charge in [0.1, 0.15) is 17.7 Å². The van der Waals surface area contributed by atoms with E-state index in [9.17, 15) is 18.0 Å². The zero-order valence-corrected chi connectivity index (χ0v) is 12.7. The first-order chi connectivity index (χ1) is 10.9. The van der Waals surface area contributed by atoms with Crippen LogP contribution in [0.5, 0.6) is 5.88 Å². The lowest BCUT2D eigenvalue weighted by Gasteiger charge is -2.22. The number of halogens is 4. The van der Waals surface area contributed by atoms with Crippen LogP contribution in [0.1, 0.15) is 5.56 Å². The zero-order chi connectivity index (χ0) is 16.9. The number of hydrogen-bond acceptors (Lipinski definition) is 5. The first kappa shape index (κ1) is 17.8. The summed E-state index contributed by atoms with van der Waals surface area (Å²) in [5.41, 5.74) is -0.952. The van der Waals surface area contributed by atoms with E-state index in [1.54, 1.807) is 0 Å². The third kappa shape index (κ3) is 5.22. The van der Waals surface area contributed by atoms with Gasteiger partial charge in [0.15, 0.2) is 0 Å². The Morgan fingerprint density at radius 2 is 2.35 bits per heavy atom. The number of morpholine rings is 1. The average Bonchev–Trinajstić information content (AvgIpc) is 2.52. The number of hydrogen-bond donors (Lipinski definition) is 2. The lowest BCUT2D eigenvalue weighted by atomic mass is 10.2. The molecule has 0 saturated carbocycles. The van der Waals surface area contributed by atoms with Crippen LogP contribution >= 0.6 is 11.6 Å². The molecule has 1 aromatic rings. The summed E-state index contributed by atoms with van der Waals surface area (Å²) >= 11 is 5.70. The standard InChI is InChI=1S/C13H15ClF3N3O3/c14-9-5-8(13(15,16)17)6-20-12(9)23-4-2-19-11(21)10-7-22-3-1-18-10/h5-6,10,18H,1-4,7H2,(H,19,21)/t10-/m1/s1. The van der Waals surface area contributed by atoms with Crippen LogP contribution in [0.2, 0.25) is 5.02 Å². The molecule has 1 atom stereocenters. The summed E-state index contributed by atoms with van der Waals surface area (Å²) in [6.45, 7) is 1.64. The summed E-state index contributed by atoms with van der Waals surface area (Å²) in [4.78, 5) is 15.3. The first-order valence-corrected chi connectivity index (χ1v) is 7.20. The van der Waals surface area contributed by atoms with Crippen LogP contribution in [0.15, 0.2) is 12.3 Å². The number of alkyl halides is 3. The van der Waals surface area contributed by atoms with Gasteiger partial charge in [0.2, 0.25) is 11.8 Å². The molecule has 2 rings (SSSR count). The molecule has 0 aliphatic carbocycles. The molecule has 1 aliphatic rings. The smallest absolute Gasteiger partial charge is 0.417 e. The summed E-state index contributed by atoms with van der Waals surface area (Å²) in [5, 5.41) is 5.37. The fourth-order valence-corrected chi connectivity index (χ4v) is 2.09. The topological polar surface area (TPSA) is 72.5 Å². The van der Waals surface area contributed by atoms with Crippen LogP contribution < -0.4 is 15.4 Å². The van der Waals surface area contributed by atoms with Crippen molar-refractivity contribution in [3.8, 4) is 5.88 Å². The second kappa shape index (κ2) is 7.80. The van der Waals surface area contributed by atoms with Crippen molar-refractivity contribution in [1.29, 1.82) is 0 Å². The molecular weight excluding hydrogens is 339 g/mol. The van der Waals surface area contributed by atoms with Gasteiger partial charge in [-0.25, -0.2) is 4.98 Å². The van der Waals surface area contributed by atoms with Gasteiger partial charge < -0.3 is 20.1 Å². The van der Waals surface area contributed by atoms with Gasteiger partial charge in [0.25, 0.3) is 0 Å². The number of carbonyl (C=O) groups is 1. The van der Waals surface area contributed by atoms with Crippen molar-refractivity contribution in [3.63, 3.8) is 0 Å². The van der Waals surface area contributed by atoms with E-state index in [-0.39, 0.29) is 30.0 Å². The SMILES string of the molecule is O=C(NCCOc1ncc(C(F)(F)F)cc1Cl)[C@H]1COCCN1. The highest BCUT2D eigenvalue weighted by atomic mass is 35.5. The molecule has 1 aromatic heterocycles. The fraction of sp³-hybridized carbons (Fsp3) is 0.538. The van der Waals surface area contributed by atoms with Gasteiger partial charge in [0.05, 0.1) is 25.3 Å². The van der Waals surface area contributed by atoms with E-state index in [2.05, 4.69) is 15.6 Å². The van der Waals surface area contributed by atoms with Crippen molar-refractivity contribution in [2.75, 3.05) is 32.9 Å². The Bertz CT molecular complexity index is 551. The third-order valence-corrected chi connectivity index (χ3v) is 3.28. The molecule has 0 unspecified atom stereocenters. The maximum Gasteiger partial charge on any atom is 0.417 e. The Labute approximate surface area is 135 Å². The van der Waals surface area contributed by atoms with Gasteiger partial charge in [-0.1, -0.05) is 11.6 Å². The van der Waals surface area contributed by atoms with E-state index >= 15 is 0 Å². The maximum atomic E-state index is 12.5. The third-order valence-electron chi connectivity index (χ3n) is 3.01. The molecule has 0 aromatic carbocycles. The molecular formula is C13H15ClF3N3O3. The van der Waals surface area contributed by atoms with Crippen molar-refractivity contribution < 1.29 is 27.4 Å². The molecule has 0 bridgehead atoms. The molecule has 0 radical (unpaired) electrons. The van der Waals surface area contributed by atoms with Crippen LogP contribution in [-0.2, 0) is 15.7 Å². The van der Waals surface area contributed by atoms with Crippen molar-refractivity contribution in [2.45, 2.75) is 12.2 Å². The Morgan fingerprint density at radius 1 is 1.57 bits per heavy atom. The van der Waals surface area contributed by atoms with Crippen LogP contribution in [0, 0.1) is 0 Å². The molecule has 0 spiro atoms. The van der Waals surface area contributed by atoms with E-state index in [0.29, 0.717) is 26.0 Å². The lowest BCUT2D eigenvalue weighted by Crippen LogP contribution is -2.51. The molecule has 1 amide bonds. The van der Waals surface area contributed by atoms with E-state index in [1.165, 1.54) is 0 Å². The van der Waals surface area contributed by atoms with Gasteiger partial charge in [-0.2, -0.15) is 13.2 Å². The molecule has 2 heterocycles. The number of rotatable bonds is 5. The Hall–Kier alpha value is -1.58. The van der Waals surface area contributed by atoms with Crippen molar-refractivity contribution >= 4 is 17.5 Å². The molecule has 2 N–H and O–H groups in total. The molecule has 6 nitrogen and oxygen atoms in total. The number of ether oxygens (including phenoxy) is 2. The summed E-state index contributed by atoms with van der Waals surface area (Å²) in [5.74, 6) is -0.354. The van der Waals surface area contributed by atoms with Crippen molar-refractivity contribution in [1.82, 2.24) is 15.6 Å². The summed E-state index contributed by atoms with van der Waals surface area (Å²) < 4.78 is 47.7. The Balaban J connectivity index is 1.77.